The Balaban J connectivity index is 1.41. The molecule has 5 rings (SSSR count). The van der Waals surface area contributed by atoms with Gasteiger partial charge < -0.3 is 19.4 Å². The van der Waals surface area contributed by atoms with Crippen LogP contribution in [0.1, 0.15) is 61.5 Å². The molecule has 2 aliphatic heterocycles. The number of nitrogens with zero attached hydrogens (tertiary/aromatic N) is 6. The third-order valence-electron chi connectivity index (χ3n) is 9.80. The van der Waals surface area contributed by atoms with Crippen LogP contribution in [0.15, 0.2) is 37.0 Å². The van der Waals surface area contributed by atoms with Crippen LogP contribution in [0.3, 0.4) is 0 Å². The monoisotopic (exact) mass is 571 g/mol. The number of hydrogen-bond acceptors (Lipinski definition) is 8. The number of fused-ring (bicyclic) bond motifs is 1. The average molecular weight is 572 g/mol. The minimum Gasteiger partial charge on any atom is -0.462 e. The Labute approximate surface area is 249 Å². The quantitative estimate of drug-likeness (QED) is 0.305. The van der Waals surface area contributed by atoms with Gasteiger partial charge >= 0.3 is 6.01 Å². The molecule has 42 heavy (non-hydrogen) atoms. The van der Waals surface area contributed by atoms with Gasteiger partial charge in [0, 0.05) is 37.2 Å². The number of anilines is 1. The molecule has 0 spiro atoms. The zero-order valence-corrected chi connectivity index (χ0v) is 25.0. The van der Waals surface area contributed by atoms with E-state index in [9.17, 15) is 14.9 Å². The minimum absolute atomic E-state index is 0.176. The number of nitriles is 1. The molecule has 4 aliphatic rings. The molecule has 3 heterocycles. The van der Waals surface area contributed by atoms with Gasteiger partial charge in [0.05, 0.1) is 18.5 Å². The van der Waals surface area contributed by atoms with E-state index in [2.05, 4.69) is 65.7 Å². The van der Waals surface area contributed by atoms with Gasteiger partial charge in [0.1, 0.15) is 18.1 Å². The molecule has 1 amide bonds. The van der Waals surface area contributed by atoms with E-state index in [0.717, 1.165) is 50.5 Å². The van der Waals surface area contributed by atoms with Gasteiger partial charge in [-0.25, -0.2) is 0 Å². The lowest BCUT2D eigenvalue weighted by molar-refractivity contribution is -0.128. The fourth-order valence-corrected chi connectivity index (χ4v) is 7.23. The van der Waals surface area contributed by atoms with Gasteiger partial charge in [-0.2, -0.15) is 15.2 Å². The molecule has 9 heteroatoms. The Morgan fingerprint density at radius 1 is 1.21 bits per heavy atom. The van der Waals surface area contributed by atoms with E-state index in [1.165, 1.54) is 12.0 Å². The van der Waals surface area contributed by atoms with Crippen LogP contribution in [-0.4, -0.2) is 83.9 Å². The van der Waals surface area contributed by atoms with Crippen LogP contribution in [0.2, 0.25) is 0 Å². The number of allylic oxidation sites excluding steroid dienone is 4. The molecule has 1 aromatic heterocycles. The van der Waals surface area contributed by atoms with Crippen molar-refractivity contribution in [1.29, 1.82) is 5.26 Å². The normalized spacial score (nSPS) is 27.9. The number of carbonyl (C=O) groups excluding carboxylic acids is 2. The van der Waals surface area contributed by atoms with E-state index in [1.807, 2.05) is 0 Å². The summed E-state index contributed by atoms with van der Waals surface area (Å²) in [6.45, 7) is 8.91. The number of likely N-dealkylation sites (N-methyl/N-ethyl adjacent to an activating group) is 1. The number of hydrogen-bond donors (Lipinski definition) is 0. The molecule has 223 valence electrons. The molecule has 5 atom stereocenters. The van der Waals surface area contributed by atoms with Crippen LogP contribution in [0.4, 0.5) is 5.82 Å². The lowest BCUT2D eigenvalue weighted by Gasteiger charge is -2.42. The van der Waals surface area contributed by atoms with Crippen molar-refractivity contribution in [3.8, 4) is 12.1 Å². The second kappa shape index (κ2) is 13.6. The highest BCUT2D eigenvalue weighted by molar-refractivity contribution is 5.87. The Kier molecular flexibility index (Phi) is 9.73. The SMILES string of the molecule is C=CC(=O)N1CCN(c2nc(OCC3CCCN3C)nc(C=O)c2CC[C@@H]2CC[C]3C=CC=CC3C2C)CC1CC#N. The van der Waals surface area contributed by atoms with Crippen molar-refractivity contribution in [2.24, 2.45) is 17.8 Å². The maximum absolute atomic E-state index is 12.5. The summed E-state index contributed by atoms with van der Waals surface area (Å²) in [7, 11) is 2.10. The standard InChI is InChI=1S/C33H43N6O3/c1-4-31(41)39-19-18-38(20-26(39)15-16-34)32-29(14-13-24-11-12-25-8-5-6-10-28(25)23(24)2)30(21-40)35-33(36-32)42-22-27-9-7-17-37(27)3/h4-6,8,10,21,23-24,26-28H,1,7,9,11-15,17-20,22H2,2-3H3/t23?,24-,26?,27?,28?/m0/s1. The molecule has 1 radical (unpaired) electrons. The molecule has 1 saturated carbocycles. The highest BCUT2D eigenvalue weighted by atomic mass is 16.5. The zero-order valence-electron chi connectivity index (χ0n) is 25.0. The van der Waals surface area contributed by atoms with E-state index in [0.29, 0.717) is 68.0 Å². The van der Waals surface area contributed by atoms with Crippen molar-refractivity contribution in [3.05, 3.63) is 54.1 Å². The van der Waals surface area contributed by atoms with Gasteiger partial charge in [-0.05, 0) is 75.9 Å². The third kappa shape index (κ3) is 6.44. The van der Waals surface area contributed by atoms with Crippen LogP contribution in [0.25, 0.3) is 0 Å². The predicted octanol–water partition coefficient (Wildman–Crippen LogP) is 4.17. The van der Waals surface area contributed by atoms with Gasteiger partial charge in [0.15, 0.2) is 6.29 Å². The smallest absolute Gasteiger partial charge is 0.319 e. The van der Waals surface area contributed by atoms with Crippen molar-refractivity contribution < 1.29 is 14.3 Å². The molecule has 2 saturated heterocycles. The second-order valence-electron chi connectivity index (χ2n) is 12.1. The van der Waals surface area contributed by atoms with Gasteiger partial charge in [-0.1, -0.05) is 37.8 Å². The van der Waals surface area contributed by atoms with E-state index >= 15 is 0 Å². The molecule has 3 fully saturated rings. The maximum atomic E-state index is 12.5. The van der Waals surface area contributed by atoms with Gasteiger partial charge in [0.25, 0.3) is 0 Å². The minimum atomic E-state index is -0.299. The number of rotatable bonds is 10. The first-order valence-corrected chi connectivity index (χ1v) is 15.4. The van der Waals surface area contributed by atoms with E-state index in [4.69, 9.17) is 9.72 Å². The van der Waals surface area contributed by atoms with E-state index in [1.54, 1.807) is 4.90 Å². The summed E-state index contributed by atoms with van der Waals surface area (Å²) in [4.78, 5) is 40.6. The molecule has 0 bridgehead atoms. The van der Waals surface area contributed by atoms with Gasteiger partial charge in [-0.3, -0.25) is 9.59 Å². The summed E-state index contributed by atoms with van der Waals surface area (Å²) in [5.74, 6) is 3.53. The van der Waals surface area contributed by atoms with Crippen molar-refractivity contribution >= 4 is 18.0 Å². The van der Waals surface area contributed by atoms with Crippen LogP contribution in [0.5, 0.6) is 6.01 Å². The maximum Gasteiger partial charge on any atom is 0.319 e. The number of amides is 1. The molecule has 2 aliphatic carbocycles. The molecule has 4 unspecified atom stereocenters. The van der Waals surface area contributed by atoms with Crippen LogP contribution < -0.4 is 9.64 Å². The first-order valence-electron chi connectivity index (χ1n) is 15.4. The van der Waals surface area contributed by atoms with Crippen LogP contribution in [-0.2, 0) is 11.2 Å². The number of aldehydes is 1. The zero-order chi connectivity index (χ0) is 29.6. The third-order valence-corrected chi connectivity index (χ3v) is 9.80. The highest BCUT2D eigenvalue weighted by Gasteiger charge is 2.36. The van der Waals surface area contributed by atoms with E-state index in [-0.39, 0.29) is 24.4 Å². The first-order chi connectivity index (χ1) is 20.4. The lowest BCUT2D eigenvalue weighted by atomic mass is 9.65. The van der Waals surface area contributed by atoms with Crippen molar-refractivity contribution in [3.63, 3.8) is 0 Å². The molecule has 1 aromatic rings. The Bertz CT molecular complexity index is 1250. The lowest BCUT2D eigenvalue weighted by Crippen LogP contribution is -2.55. The molecular formula is C33H43N6O3. The van der Waals surface area contributed by atoms with Gasteiger partial charge in [-0.15, -0.1) is 0 Å². The topological polar surface area (TPSA) is 103 Å². The summed E-state index contributed by atoms with van der Waals surface area (Å²) in [5.41, 5.74) is 1.20. The van der Waals surface area contributed by atoms with Crippen molar-refractivity contribution in [2.75, 3.05) is 44.7 Å². The molecule has 0 aromatic carbocycles. The molecule has 0 N–H and O–H groups in total. The Hall–Kier alpha value is -3.51. The summed E-state index contributed by atoms with van der Waals surface area (Å²) < 4.78 is 6.11. The van der Waals surface area contributed by atoms with Gasteiger partial charge in [0.2, 0.25) is 5.91 Å². The number of ether oxygens (including phenoxy) is 1. The van der Waals surface area contributed by atoms with Crippen molar-refractivity contribution in [1.82, 2.24) is 19.8 Å². The second-order valence-corrected chi connectivity index (χ2v) is 12.1. The summed E-state index contributed by atoms with van der Waals surface area (Å²) in [6.07, 6.45) is 17.2. The summed E-state index contributed by atoms with van der Waals surface area (Å²) in [6, 6.07) is 2.44. The fraction of sp³-hybridized carbons (Fsp3) is 0.576. The Morgan fingerprint density at radius 2 is 2.07 bits per heavy atom. The average Bonchev–Trinajstić information content (AvgIpc) is 3.43. The molecule has 9 nitrogen and oxygen atoms in total. The highest BCUT2D eigenvalue weighted by Crippen LogP contribution is 2.45. The van der Waals surface area contributed by atoms with E-state index < -0.39 is 0 Å². The predicted molar refractivity (Wildman–Crippen MR) is 162 cm³/mol. The van der Waals surface area contributed by atoms with Crippen molar-refractivity contribution in [2.45, 2.75) is 64.0 Å². The van der Waals surface area contributed by atoms with Crippen LogP contribution >= 0.6 is 0 Å². The largest absolute Gasteiger partial charge is 0.462 e. The Morgan fingerprint density at radius 3 is 2.81 bits per heavy atom. The van der Waals surface area contributed by atoms with Crippen LogP contribution in [0, 0.1) is 35.0 Å². The number of piperazine rings is 1. The summed E-state index contributed by atoms with van der Waals surface area (Å²) in [5, 5.41) is 9.52. The first kappa shape index (κ1) is 30.0. The summed E-state index contributed by atoms with van der Waals surface area (Å²) >= 11 is 0. The molecular weight excluding hydrogens is 528 g/mol. The number of aromatic nitrogens is 2. The number of carbonyl (C=O) groups is 2. The number of likely N-dealkylation sites (tertiary alicyclic amines) is 1. The fourth-order valence-electron chi connectivity index (χ4n) is 7.23.